The first kappa shape index (κ1) is 15.8. The first-order valence-electron chi connectivity index (χ1n) is 6.11. The summed E-state index contributed by atoms with van der Waals surface area (Å²) in [4.78, 5) is 23.4. The quantitative estimate of drug-likeness (QED) is 0.867. The third-order valence-corrected chi connectivity index (χ3v) is 3.86. The zero-order chi connectivity index (χ0) is 15.2. The Kier molecular flexibility index (Phi) is 5.61. The fourth-order valence-corrected chi connectivity index (χ4v) is 2.68. The molecule has 2 rings (SSSR count). The molecule has 0 radical (unpaired) electrons. The number of nitrogens with one attached hydrogen (secondary N) is 2. The largest absolute Gasteiger partial charge is 0.351 e. The van der Waals surface area contributed by atoms with Crippen molar-refractivity contribution in [3.63, 3.8) is 0 Å². The van der Waals surface area contributed by atoms with Crippen molar-refractivity contribution < 1.29 is 9.59 Å². The highest BCUT2D eigenvalue weighted by atomic mass is 35.5. The van der Waals surface area contributed by atoms with Crippen LogP contribution in [0.15, 0.2) is 35.0 Å². The van der Waals surface area contributed by atoms with Gasteiger partial charge in [-0.3, -0.25) is 9.59 Å². The molecule has 21 heavy (non-hydrogen) atoms. The van der Waals surface area contributed by atoms with Crippen molar-refractivity contribution in [3.8, 4) is 0 Å². The summed E-state index contributed by atoms with van der Waals surface area (Å²) in [5, 5.41) is 9.80. The van der Waals surface area contributed by atoms with Gasteiger partial charge >= 0.3 is 0 Å². The van der Waals surface area contributed by atoms with Crippen molar-refractivity contribution in [1.29, 1.82) is 0 Å². The van der Waals surface area contributed by atoms with Gasteiger partial charge in [0.25, 0.3) is 5.91 Å². The van der Waals surface area contributed by atoms with Gasteiger partial charge in [-0.1, -0.05) is 23.2 Å². The predicted octanol–water partition coefficient (Wildman–Crippen LogP) is 3.81. The summed E-state index contributed by atoms with van der Waals surface area (Å²) in [5.74, 6) is -0.418. The summed E-state index contributed by atoms with van der Waals surface area (Å²) >= 11 is 13.2. The van der Waals surface area contributed by atoms with E-state index in [1.165, 1.54) is 11.3 Å². The number of rotatable bonds is 5. The van der Waals surface area contributed by atoms with Gasteiger partial charge in [-0.25, -0.2) is 0 Å². The van der Waals surface area contributed by atoms with Gasteiger partial charge in [0, 0.05) is 28.9 Å². The Labute approximate surface area is 136 Å². The maximum absolute atomic E-state index is 11.8. The molecule has 0 saturated carbocycles. The summed E-state index contributed by atoms with van der Waals surface area (Å²) in [7, 11) is 0. The van der Waals surface area contributed by atoms with Crippen molar-refractivity contribution in [2.24, 2.45) is 0 Å². The first-order valence-corrected chi connectivity index (χ1v) is 7.81. The summed E-state index contributed by atoms with van der Waals surface area (Å²) in [6, 6.07) is 6.55. The SMILES string of the molecule is O=C(CCNC(=O)c1ccsc1)Nc1ccc(Cl)cc1Cl. The lowest BCUT2D eigenvalue weighted by Crippen LogP contribution is -2.27. The number of anilines is 1. The molecule has 2 N–H and O–H groups in total. The topological polar surface area (TPSA) is 58.2 Å². The van der Waals surface area contributed by atoms with E-state index < -0.39 is 0 Å². The Balaban J connectivity index is 1.78. The van der Waals surface area contributed by atoms with E-state index in [0.717, 1.165) is 0 Å². The molecule has 1 heterocycles. The highest BCUT2D eigenvalue weighted by molar-refractivity contribution is 7.08. The molecule has 0 unspecified atom stereocenters. The highest BCUT2D eigenvalue weighted by Gasteiger charge is 2.08. The average molecular weight is 343 g/mol. The van der Waals surface area contributed by atoms with Gasteiger partial charge < -0.3 is 10.6 Å². The number of halogens is 2. The second-order valence-corrected chi connectivity index (χ2v) is 5.81. The molecule has 0 bridgehead atoms. The van der Waals surface area contributed by atoms with Gasteiger partial charge in [0.1, 0.15) is 0 Å². The lowest BCUT2D eigenvalue weighted by atomic mass is 10.3. The van der Waals surface area contributed by atoms with Crippen LogP contribution in [0, 0.1) is 0 Å². The molecule has 0 fully saturated rings. The van der Waals surface area contributed by atoms with Gasteiger partial charge in [0.15, 0.2) is 0 Å². The predicted molar refractivity (Wildman–Crippen MR) is 86.4 cm³/mol. The minimum absolute atomic E-state index is 0.162. The molecule has 0 aliphatic rings. The molecule has 1 aromatic carbocycles. The van der Waals surface area contributed by atoms with E-state index in [2.05, 4.69) is 10.6 Å². The Morgan fingerprint density at radius 3 is 2.67 bits per heavy atom. The maximum atomic E-state index is 11.8. The van der Waals surface area contributed by atoms with Crippen molar-refractivity contribution in [3.05, 3.63) is 50.6 Å². The molecular formula is C14H12Cl2N2O2S. The Bertz CT molecular complexity index is 644. The van der Waals surface area contributed by atoms with Gasteiger partial charge in [-0.05, 0) is 29.6 Å². The zero-order valence-corrected chi connectivity index (χ0v) is 13.2. The first-order chi connectivity index (χ1) is 10.1. The number of hydrogen-bond acceptors (Lipinski definition) is 3. The van der Waals surface area contributed by atoms with Crippen LogP contribution in [0.5, 0.6) is 0 Å². The zero-order valence-electron chi connectivity index (χ0n) is 10.9. The van der Waals surface area contributed by atoms with Crippen LogP contribution in [0.4, 0.5) is 5.69 Å². The van der Waals surface area contributed by atoms with Crippen LogP contribution in [0.25, 0.3) is 0 Å². The Hall–Kier alpha value is -1.56. The van der Waals surface area contributed by atoms with E-state index in [4.69, 9.17) is 23.2 Å². The fourth-order valence-electron chi connectivity index (χ4n) is 1.59. The average Bonchev–Trinajstić information content (AvgIpc) is 2.96. The lowest BCUT2D eigenvalue weighted by Gasteiger charge is -2.08. The van der Waals surface area contributed by atoms with Crippen molar-refractivity contribution in [2.75, 3.05) is 11.9 Å². The number of carbonyl (C=O) groups excluding carboxylic acids is 2. The fraction of sp³-hybridized carbons (Fsp3) is 0.143. The third-order valence-electron chi connectivity index (χ3n) is 2.63. The molecule has 2 amide bonds. The Morgan fingerprint density at radius 2 is 2.00 bits per heavy atom. The summed E-state index contributed by atoms with van der Waals surface area (Å²) < 4.78 is 0. The molecule has 0 aliphatic heterocycles. The number of hydrogen-bond donors (Lipinski definition) is 2. The van der Waals surface area contributed by atoms with E-state index in [-0.39, 0.29) is 24.8 Å². The number of thiophene rings is 1. The molecule has 110 valence electrons. The van der Waals surface area contributed by atoms with Crippen LogP contribution < -0.4 is 10.6 Å². The summed E-state index contributed by atoms with van der Waals surface area (Å²) in [6.07, 6.45) is 0.162. The van der Waals surface area contributed by atoms with E-state index in [1.807, 2.05) is 5.38 Å². The summed E-state index contributed by atoms with van der Waals surface area (Å²) in [5.41, 5.74) is 1.09. The minimum atomic E-state index is -0.232. The van der Waals surface area contributed by atoms with Crippen LogP contribution in [-0.2, 0) is 4.79 Å². The molecule has 2 aromatic rings. The van der Waals surface area contributed by atoms with E-state index in [1.54, 1.807) is 29.6 Å². The van der Waals surface area contributed by atoms with Crippen molar-refractivity contribution >= 4 is 52.0 Å². The van der Waals surface area contributed by atoms with Crippen LogP contribution in [0.2, 0.25) is 10.0 Å². The number of amides is 2. The molecule has 4 nitrogen and oxygen atoms in total. The van der Waals surface area contributed by atoms with Crippen LogP contribution >= 0.6 is 34.5 Å². The van der Waals surface area contributed by atoms with Crippen molar-refractivity contribution in [1.82, 2.24) is 5.32 Å². The van der Waals surface area contributed by atoms with Gasteiger partial charge in [-0.15, -0.1) is 0 Å². The van der Waals surface area contributed by atoms with Crippen molar-refractivity contribution in [2.45, 2.75) is 6.42 Å². The van der Waals surface area contributed by atoms with E-state index in [0.29, 0.717) is 21.3 Å². The maximum Gasteiger partial charge on any atom is 0.252 e. The van der Waals surface area contributed by atoms with Gasteiger partial charge in [-0.2, -0.15) is 11.3 Å². The summed E-state index contributed by atoms with van der Waals surface area (Å²) in [6.45, 7) is 0.256. The normalized spacial score (nSPS) is 10.2. The Morgan fingerprint density at radius 1 is 1.19 bits per heavy atom. The number of carbonyl (C=O) groups is 2. The van der Waals surface area contributed by atoms with Crippen LogP contribution in [-0.4, -0.2) is 18.4 Å². The molecule has 0 saturated heterocycles. The smallest absolute Gasteiger partial charge is 0.252 e. The number of benzene rings is 1. The third kappa shape index (κ3) is 4.74. The minimum Gasteiger partial charge on any atom is -0.351 e. The second kappa shape index (κ2) is 7.45. The monoisotopic (exact) mass is 342 g/mol. The molecule has 0 aliphatic carbocycles. The lowest BCUT2D eigenvalue weighted by molar-refractivity contribution is -0.116. The molecular weight excluding hydrogens is 331 g/mol. The van der Waals surface area contributed by atoms with E-state index in [9.17, 15) is 9.59 Å². The van der Waals surface area contributed by atoms with Gasteiger partial charge in [0.05, 0.1) is 10.7 Å². The molecule has 1 aromatic heterocycles. The molecule has 7 heteroatoms. The van der Waals surface area contributed by atoms with Crippen LogP contribution in [0.1, 0.15) is 16.8 Å². The highest BCUT2D eigenvalue weighted by Crippen LogP contribution is 2.25. The van der Waals surface area contributed by atoms with Crippen LogP contribution in [0.3, 0.4) is 0 Å². The molecule has 0 spiro atoms. The van der Waals surface area contributed by atoms with Gasteiger partial charge in [0.2, 0.25) is 5.91 Å². The standard InChI is InChI=1S/C14H12Cl2N2O2S/c15-10-1-2-12(11(16)7-10)18-13(19)3-5-17-14(20)9-4-6-21-8-9/h1-2,4,6-8H,3,5H2,(H,17,20)(H,18,19). The molecule has 0 atom stereocenters. The second-order valence-electron chi connectivity index (χ2n) is 4.19. The van der Waals surface area contributed by atoms with E-state index >= 15 is 0 Å².